The van der Waals surface area contributed by atoms with Crippen molar-refractivity contribution in [1.29, 1.82) is 0 Å². The number of hydrogen-bond acceptors (Lipinski definition) is 4. The molecule has 0 saturated heterocycles. The average molecular weight is 264 g/mol. The smallest absolute Gasteiger partial charge is 0.0476 e. The Morgan fingerprint density at radius 1 is 0.889 bits per heavy atom. The molecule has 0 heterocycles. The molecule has 0 unspecified atom stereocenters. The summed E-state index contributed by atoms with van der Waals surface area (Å²) in [5.74, 6) is -2.35. The van der Waals surface area contributed by atoms with Crippen molar-refractivity contribution in [2.75, 3.05) is 0 Å². The highest BCUT2D eigenvalue weighted by atomic mass is 16.4. The third-order valence-electron chi connectivity index (χ3n) is 4.35. The van der Waals surface area contributed by atoms with Crippen LogP contribution in [-0.2, 0) is 9.59 Å². The molecule has 0 amide bonds. The molecule has 0 rings (SSSR count). The van der Waals surface area contributed by atoms with Crippen molar-refractivity contribution in [1.82, 2.24) is 12.3 Å². The Morgan fingerprint density at radius 2 is 1.22 bits per heavy atom. The lowest BCUT2D eigenvalue weighted by molar-refractivity contribution is -0.328. The second-order valence-corrected chi connectivity index (χ2v) is 5.97. The van der Waals surface area contributed by atoms with Gasteiger partial charge in [-0.2, -0.15) is 0 Å². The first-order chi connectivity index (χ1) is 6.86. The Bertz CT molecular complexity index is 309. The average Bonchev–Trinajstić information content (AvgIpc) is 2.00. The van der Waals surface area contributed by atoms with Gasteiger partial charge in [-0.25, -0.2) is 0 Å². The van der Waals surface area contributed by atoms with Crippen molar-refractivity contribution in [3.05, 3.63) is 0 Å². The lowest BCUT2D eigenvalue weighted by Gasteiger charge is -2.52. The Labute approximate surface area is 109 Å². The molecule has 0 spiro atoms. The van der Waals surface area contributed by atoms with Gasteiger partial charge in [0, 0.05) is 17.4 Å². The maximum Gasteiger partial charge on any atom is 0.0476 e. The Hall–Kier alpha value is -1.14. The second-order valence-electron chi connectivity index (χ2n) is 5.97. The summed E-state index contributed by atoms with van der Waals surface area (Å²) >= 11 is 0. The Morgan fingerprint density at radius 3 is 1.44 bits per heavy atom. The molecular weight excluding hydrogens is 236 g/mol. The van der Waals surface area contributed by atoms with Gasteiger partial charge in [-0.15, -0.1) is 0 Å². The fraction of sp³-hybridized carbons (Fsp3) is 0.833. The summed E-state index contributed by atoms with van der Waals surface area (Å²) in [7, 11) is 0. The topological polar surface area (TPSA) is 153 Å². The molecule has 6 heteroatoms. The van der Waals surface area contributed by atoms with Crippen LogP contribution in [0.25, 0.3) is 0 Å². The standard InChI is InChI=1S/C12H22O4.2H3N/c1-10(2,7-8(13)14)12(5,6)11(3,4)9(15)16;;/h7H2,1-6H3,(H,13,14)(H,15,16);2*1H3. The van der Waals surface area contributed by atoms with Crippen LogP contribution in [0.3, 0.4) is 0 Å². The van der Waals surface area contributed by atoms with Crippen LogP contribution in [0.4, 0.5) is 0 Å². The molecule has 0 aromatic rings. The highest BCUT2D eigenvalue weighted by molar-refractivity contribution is 5.73. The molecule has 0 aliphatic rings. The lowest BCUT2D eigenvalue weighted by atomic mass is 9.54. The van der Waals surface area contributed by atoms with Gasteiger partial charge in [-0.3, -0.25) is 0 Å². The van der Waals surface area contributed by atoms with E-state index in [2.05, 4.69) is 0 Å². The van der Waals surface area contributed by atoms with Crippen molar-refractivity contribution in [2.45, 2.75) is 48.0 Å². The van der Waals surface area contributed by atoms with E-state index in [-0.39, 0.29) is 18.7 Å². The minimum atomic E-state index is -1.18. The van der Waals surface area contributed by atoms with Gasteiger partial charge in [-0.1, -0.05) is 41.5 Å². The number of carbonyl (C=O) groups is 2. The Balaban J connectivity index is -0.00000112. The van der Waals surface area contributed by atoms with Gasteiger partial charge < -0.3 is 32.1 Å². The molecule has 0 atom stereocenters. The van der Waals surface area contributed by atoms with E-state index in [9.17, 15) is 19.8 Å². The van der Waals surface area contributed by atoms with Crippen LogP contribution in [0.5, 0.6) is 0 Å². The van der Waals surface area contributed by atoms with Gasteiger partial charge in [0.1, 0.15) is 0 Å². The molecule has 0 fully saturated rings. The molecule has 6 nitrogen and oxygen atoms in total. The summed E-state index contributed by atoms with van der Waals surface area (Å²) in [5, 5.41) is 21.8. The maximum atomic E-state index is 11.1. The first-order valence-corrected chi connectivity index (χ1v) is 5.27. The van der Waals surface area contributed by atoms with Gasteiger partial charge in [-0.05, 0) is 17.3 Å². The third-order valence-corrected chi connectivity index (χ3v) is 4.35. The lowest BCUT2D eigenvalue weighted by Crippen LogP contribution is -2.54. The van der Waals surface area contributed by atoms with E-state index in [0.29, 0.717) is 0 Å². The Kier molecular flexibility index (Phi) is 7.55. The summed E-state index contributed by atoms with van der Waals surface area (Å²) in [6.07, 6.45) is -0.184. The summed E-state index contributed by atoms with van der Waals surface area (Å²) in [6, 6.07) is 0. The van der Waals surface area contributed by atoms with Crippen molar-refractivity contribution >= 4 is 11.9 Å². The number of quaternary nitrogens is 2. The van der Waals surface area contributed by atoms with E-state index in [1.807, 2.05) is 0 Å². The van der Waals surface area contributed by atoms with Gasteiger partial charge >= 0.3 is 0 Å². The fourth-order valence-corrected chi connectivity index (χ4v) is 1.68. The minimum absolute atomic E-state index is 0. The minimum Gasteiger partial charge on any atom is -0.550 e. The van der Waals surface area contributed by atoms with Gasteiger partial charge in [0.2, 0.25) is 0 Å². The van der Waals surface area contributed by atoms with E-state index < -0.39 is 28.2 Å². The van der Waals surface area contributed by atoms with E-state index >= 15 is 0 Å². The number of rotatable bonds is 5. The predicted octanol–water partition coefficient (Wildman–Crippen LogP) is 0.707. The van der Waals surface area contributed by atoms with Crippen molar-refractivity contribution in [2.24, 2.45) is 16.2 Å². The first-order valence-electron chi connectivity index (χ1n) is 5.27. The number of aliphatic carboxylic acids is 2. The van der Waals surface area contributed by atoms with Crippen LogP contribution in [0.1, 0.15) is 48.0 Å². The summed E-state index contributed by atoms with van der Waals surface area (Å²) in [4.78, 5) is 21.8. The largest absolute Gasteiger partial charge is 0.550 e. The SMILES string of the molecule is CC(C)(CC(=O)[O-])C(C)(C)C(C)(C)C(=O)[O-].[NH4+].[NH4+]. The first kappa shape index (κ1) is 22.1. The maximum absolute atomic E-state index is 11.1. The molecule has 0 aromatic heterocycles. The van der Waals surface area contributed by atoms with E-state index in [0.717, 1.165) is 0 Å². The zero-order chi connectivity index (χ0) is 13.4. The van der Waals surface area contributed by atoms with E-state index in [4.69, 9.17) is 0 Å². The van der Waals surface area contributed by atoms with E-state index in [1.165, 1.54) is 0 Å². The molecule has 8 N–H and O–H groups in total. The van der Waals surface area contributed by atoms with Crippen molar-refractivity contribution in [3.8, 4) is 0 Å². The van der Waals surface area contributed by atoms with Gasteiger partial charge in [0.05, 0.1) is 0 Å². The van der Waals surface area contributed by atoms with Gasteiger partial charge in [0.25, 0.3) is 0 Å². The van der Waals surface area contributed by atoms with Crippen molar-refractivity contribution < 1.29 is 19.8 Å². The summed E-state index contributed by atoms with van der Waals surface area (Å²) in [6.45, 7) is 10.1. The van der Waals surface area contributed by atoms with Crippen LogP contribution >= 0.6 is 0 Å². The van der Waals surface area contributed by atoms with Crippen LogP contribution in [-0.4, -0.2) is 11.9 Å². The summed E-state index contributed by atoms with van der Waals surface area (Å²) in [5.41, 5.74) is -2.56. The molecular formula is C12H28N2O4. The fourth-order valence-electron chi connectivity index (χ4n) is 1.68. The number of hydrogen-bond donors (Lipinski definition) is 2. The van der Waals surface area contributed by atoms with Gasteiger partial charge in [0.15, 0.2) is 0 Å². The van der Waals surface area contributed by atoms with Crippen LogP contribution in [0.2, 0.25) is 0 Å². The molecule has 0 radical (unpaired) electrons. The zero-order valence-electron chi connectivity index (χ0n) is 12.8. The van der Waals surface area contributed by atoms with Crippen molar-refractivity contribution in [3.63, 3.8) is 0 Å². The molecule has 0 bridgehead atoms. The molecule has 110 valence electrons. The molecule has 0 saturated carbocycles. The highest BCUT2D eigenvalue weighted by Crippen LogP contribution is 2.52. The molecule has 0 aliphatic carbocycles. The number of carboxylic acids is 2. The van der Waals surface area contributed by atoms with Crippen LogP contribution < -0.4 is 22.5 Å². The second kappa shape index (κ2) is 6.15. The zero-order valence-corrected chi connectivity index (χ0v) is 12.8. The summed E-state index contributed by atoms with van der Waals surface area (Å²) < 4.78 is 0. The number of carbonyl (C=O) groups excluding carboxylic acids is 2. The predicted molar refractivity (Wildman–Crippen MR) is 67.9 cm³/mol. The normalized spacial score (nSPS) is 12.1. The number of carboxylic acid groups (broad SMARTS) is 2. The molecule has 0 aliphatic heterocycles. The third kappa shape index (κ3) is 3.68. The van der Waals surface area contributed by atoms with E-state index in [1.54, 1.807) is 41.5 Å². The molecule has 18 heavy (non-hydrogen) atoms. The van der Waals surface area contributed by atoms with Crippen LogP contribution in [0, 0.1) is 16.2 Å². The highest BCUT2D eigenvalue weighted by Gasteiger charge is 2.48. The van der Waals surface area contributed by atoms with Crippen LogP contribution in [0.15, 0.2) is 0 Å². The quantitative estimate of drug-likeness (QED) is 0.750. The molecule has 0 aromatic carbocycles. The monoisotopic (exact) mass is 264 g/mol.